The van der Waals surface area contributed by atoms with E-state index in [-0.39, 0.29) is 12.5 Å². The highest BCUT2D eigenvalue weighted by Gasteiger charge is 2.35. The van der Waals surface area contributed by atoms with Gasteiger partial charge in [-0.1, -0.05) is 25.5 Å². The van der Waals surface area contributed by atoms with E-state index in [1.807, 2.05) is 29.2 Å². The average molecular weight is 320 g/mol. The molecule has 1 aromatic carbocycles. The Balaban J connectivity index is 1.93. The first-order chi connectivity index (χ1) is 11.1. The highest BCUT2D eigenvalue weighted by atomic mass is 16.5. The van der Waals surface area contributed by atoms with Crippen molar-refractivity contribution in [2.75, 3.05) is 40.9 Å². The lowest BCUT2D eigenvalue weighted by atomic mass is 9.98. The number of amides is 1. The zero-order valence-electron chi connectivity index (χ0n) is 14.6. The second-order valence-corrected chi connectivity index (χ2v) is 6.32. The van der Waals surface area contributed by atoms with Crippen molar-refractivity contribution < 1.29 is 14.3 Å². The molecule has 1 aliphatic rings. The molecule has 0 radical (unpaired) electrons. The third-order valence-corrected chi connectivity index (χ3v) is 4.50. The van der Waals surface area contributed by atoms with Crippen LogP contribution < -0.4 is 9.47 Å². The summed E-state index contributed by atoms with van der Waals surface area (Å²) in [6.07, 6.45) is 2.30. The second kappa shape index (κ2) is 8.20. The molecule has 1 saturated heterocycles. The van der Waals surface area contributed by atoms with Crippen LogP contribution in [-0.2, 0) is 4.79 Å². The molecule has 2 atom stereocenters. The molecule has 23 heavy (non-hydrogen) atoms. The quantitative estimate of drug-likeness (QED) is 0.773. The first-order valence-electron chi connectivity index (χ1n) is 8.26. The van der Waals surface area contributed by atoms with E-state index in [2.05, 4.69) is 25.9 Å². The zero-order valence-corrected chi connectivity index (χ0v) is 14.6. The fraction of sp³-hybridized carbons (Fsp3) is 0.611. The number of likely N-dealkylation sites (N-methyl/N-ethyl adjacent to an activating group) is 1. The minimum absolute atomic E-state index is 0.0429. The molecule has 0 aromatic heterocycles. The van der Waals surface area contributed by atoms with E-state index in [1.165, 1.54) is 0 Å². The summed E-state index contributed by atoms with van der Waals surface area (Å²) < 4.78 is 10.9. The monoisotopic (exact) mass is 320 g/mol. The van der Waals surface area contributed by atoms with Gasteiger partial charge >= 0.3 is 0 Å². The molecule has 0 N–H and O–H groups in total. The number of para-hydroxylation sites is 2. The van der Waals surface area contributed by atoms with Gasteiger partial charge in [0.25, 0.3) is 5.91 Å². The Labute approximate surface area is 139 Å². The molecule has 0 aliphatic carbocycles. The van der Waals surface area contributed by atoms with Gasteiger partial charge in [0, 0.05) is 19.1 Å². The Bertz CT molecular complexity index is 519. The van der Waals surface area contributed by atoms with Crippen LogP contribution in [0.3, 0.4) is 0 Å². The van der Waals surface area contributed by atoms with Crippen LogP contribution in [-0.4, -0.2) is 62.7 Å². The minimum Gasteiger partial charge on any atom is -0.493 e. The van der Waals surface area contributed by atoms with Crippen LogP contribution in [0.5, 0.6) is 11.5 Å². The Morgan fingerprint density at radius 2 is 1.96 bits per heavy atom. The van der Waals surface area contributed by atoms with E-state index in [4.69, 9.17) is 9.47 Å². The maximum absolute atomic E-state index is 12.5. The van der Waals surface area contributed by atoms with Gasteiger partial charge in [0.15, 0.2) is 18.1 Å². The lowest BCUT2D eigenvalue weighted by molar-refractivity contribution is -0.132. The molecule has 1 amide bonds. The van der Waals surface area contributed by atoms with Gasteiger partial charge in [0.05, 0.1) is 7.11 Å². The van der Waals surface area contributed by atoms with Crippen molar-refractivity contribution in [3.8, 4) is 11.5 Å². The Morgan fingerprint density at radius 1 is 1.26 bits per heavy atom. The molecule has 1 aromatic rings. The Hall–Kier alpha value is -1.75. The number of methoxy groups -OCH3 is 1. The van der Waals surface area contributed by atoms with Crippen LogP contribution in [0.1, 0.15) is 19.8 Å². The normalized spacial score (nSPS) is 20.8. The van der Waals surface area contributed by atoms with Crippen molar-refractivity contribution in [3.05, 3.63) is 24.3 Å². The molecule has 5 nitrogen and oxygen atoms in total. The predicted molar refractivity (Wildman–Crippen MR) is 90.9 cm³/mol. The molecule has 128 valence electrons. The van der Waals surface area contributed by atoms with E-state index in [9.17, 15) is 4.79 Å². The lowest BCUT2D eigenvalue weighted by Gasteiger charge is -2.24. The number of carbonyl (C=O) groups excluding carboxylic acids is 1. The van der Waals surface area contributed by atoms with Gasteiger partial charge in [0.2, 0.25) is 0 Å². The molecule has 1 fully saturated rings. The van der Waals surface area contributed by atoms with E-state index in [0.29, 0.717) is 23.5 Å². The maximum atomic E-state index is 12.5. The highest BCUT2D eigenvalue weighted by molar-refractivity contribution is 5.78. The van der Waals surface area contributed by atoms with Crippen molar-refractivity contribution >= 4 is 5.91 Å². The largest absolute Gasteiger partial charge is 0.493 e. The van der Waals surface area contributed by atoms with Gasteiger partial charge < -0.3 is 19.3 Å². The van der Waals surface area contributed by atoms with Gasteiger partial charge in [-0.2, -0.15) is 0 Å². The third-order valence-electron chi connectivity index (χ3n) is 4.50. The van der Waals surface area contributed by atoms with E-state index < -0.39 is 0 Å². The van der Waals surface area contributed by atoms with E-state index in [0.717, 1.165) is 25.9 Å². The number of ether oxygens (including phenoxy) is 2. The topological polar surface area (TPSA) is 42.0 Å². The van der Waals surface area contributed by atoms with Crippen LogP contribution in [0.15, 0.2) is 24.3 Å². The Morgan fingerprint density at radius 3 is 2.57 bits per heavy atom. The standard InChI is InChI=1S/C18H28N2O3/c1-5-8-14-11-20(12-15(14)19(2)3)18(21)13-23-17-10-7-6-9-16(17)22-4/h6-7,9-10,14-15H,5,8,11-13H2,1-4H3/t14-,15-/m1/s1. The molecule has 0 unspecified atom stereocenters. The lowest BCUT2D eigenvalue weighted by Crippen LogP contribution is -2.37. The number of hydrogen-bond donors (Lipinski definition) is 0. The van der Waals surface area contributed by atoms with Crippen LogP contribution >= 0.6 is 0 Å². The first-order valence-corrected chi connectivity index (χ1v) is 8.26. The molecule has 0 bridgehead atoms. The number of hydrogen-bond acceptors (Lipinski definition) is 4. The van der Waals surface area contributed by atoms with Crippen molar-refractivity contribution in [3.63, 3.8) is 0 Å². The summed E-state index contributed by atoms with van der Waals surface area (Å²) in [5, 5.41) is 0. The molecule has 0 saturated carbocycles. The number of carbonyl (C=O) groups is 1. The summed E-state index contributed by atoms with van der Waals surface area (Å²) in [5.74, 6) is 1.85. The van der Waals surface area contributed by atoms with Crippen LogP contribution in [0.4, 0.5) is 0 Å². The van der Waals surface area contributed by atoms with Crippen LogP contribution in [0.2, 0.25) is 0 Å². The smallest absolute Gasteiger partial charge is 0.260 e. The fourth-order valence-electron chi connectivity index (χ4n) is 3.27. The van der Waals surface area contributed by atoms with Crippen molar-refractivity contribution in [2.24, 2.45) is 5.92 Å². The van der Waals surface area contributed by atoms with E-state index in [1.54, 1.807) is 7.11 Å². The van der Waals surface area contributed by atoms with Gasteiger partial charge in [0.1, 0.15) is 0 Å². The molecule has 2 rings (SSSR count). The third kappa shape index (κ3) is 4.38. The number of benzene rings is 1. The SMILES string of the molecule is CCC[C@@H]1CN(C(=O)COc2ccccc2OC)C[C@H]1N(C)C. The van der Waals surface area contributed by atoms with Gasteiger partial charge in [-0.05, 0) is 38.6 Å². The molecule has 0 spiro atoms. The summed E-state index contributed by atoms with van der Waals surface area (Å²) in [5.41, 5.74) is 0. The minimum atomic E-state index is 0.0429. The molecular weight excluding hydrogens is 292 g/mol. The maximum Gasteiger partial charge on any atom is 0.260 e. The number of likely N-dealkylation sites (tertiary alicyclic amines) is 1. The fourth-order valence-corrected chi connectivity index (χ4v) is 3.27. The number of nitrogens with zero attached hydrogens (tertiary/aromatic N) is 2. The summed E-state index contributed by atoms with van der Waals surface area (Å²) in [4.78, 5) is 16.6. The summed E-state index contributed by atoms with van der Waals surface area (Å²) in [6.45, 7) is 3.86. The van der Waals surface area contributed by atoms with Crippen LogP contribution in [0, 0.1) is 5.92 Å². The predicted octanol–water partition coefficient (Wildman–Crippen LogP) is 2.26. The van der Waals surface area contributed by atoms with Crippen LogP contribution in [0.25, 0.3) is 0 Å². The second-order valence-electron chi connectivity index (χ2n) is 6.32. The average Bonchev–Trinajstić information content (AvgIpc) is 2.97. The highest BCUT2D eigenvalue weighted by Crippen LogP contribution is 2.27. The van der Waals surface area contributed by atoms with Crippen molar-refractivity contribution in [1.29, 1.82) is 0 Å². The van der Waals surface area contributed by atoms with Crippen molar-refractivity contribution in [1.82, 2.24) is 9.80 Å². The Kier molecular flexibility index (Phi) is 6.28. The van der Waals surface area contributed by atoms with E-state index >= 15 is 0 Å². The van der Waals surface area contributed by atoms with Crippen molar-refractivity contribution in [2.45, 2.75) is 25.8 Å². The summed E-state index contributed by atoms with van der Waals surface area (Å²) in [6, 6.07) is 7.83. The summed E-state index contributed by atoms with van der Waals surface area (Å²) >= 11 is 0. The summed E-state index contributed by atoms with van der Waals surface area (Å²) in [7, 11) is 5.78. The van der Waals surface area contributed by atoms with Gasteiger partial charge in [-0.3, -0.25) is 4.79 Å². The number of rotatable bonds is 7. The molecule has 1 heterocycles. The zero-order chi connectivity index (χ0) is 16.8. The molecule has 5 heteroatoms. The molecular formula is C18H28N2O3. The van der Waals surface area contributed by atoms with Gasteiger partial charge in [-0.15, -0.1) is 0 Å². The first kappa shape index (κ1) is 17.6. The van der Waals surface area contributed by atoms with Gasteiger partial charge in [-0.25, -0.2) is 0 Å². The molecule has 1 aliphatic heterocycles.